The molecule has 1 amide bonds. The maximum Gasteiger partial charge on any atom is 0.326 e. The number of thioether (sulfide) groups is 1. The quantitative estimate of drug-likeness (QED) is 0.895. The maximum atomic E-state index is 12.3. The lowest BCUT2D eigenvalue weighted by Gasteiger charge is -2.25. The van der Waals surface area contributed by atoms with Crippen LogP contribution in [0, 0.1) is 5.92 Å². The van der Waals surface area contributed by atoms with Gasteiger partial charge in [0.2, 0.25) is 5.91 Å². The van der Waals surface area contributed by atoms with E-state index in [0.717, 1.165) is 17.7 Å². The molecule has 0 aromatic carbocycles. The van der Waals surface area contributed by atoms with Gasteiger partial charge in [0.15, 0.2) is 0 Å². The largest absolute Gasteiger partial charge is 0.480 e. The third-order valence-corrected chi connectivity index (χ3v) is 5.38. The Hall–Kier alpha value is -1.01. The second-order valence-corrected chi connectivity index (χ2v) is 7.08. The number of carboxylic acids is 1. The van der Waals surface area contributed by atoms with E-state index in [1.54, 1.807) is 36.9 Å². The summed E-state index contributed by atoms with van der Waals surface area (Å²) < 4.78 is 0. The van der Waals surface area contributed by atoms with Gasteiger partial charge < -0.3 is 10.4 Å². The maximum absolute atomic E-state index is 12.3. The zero-order chi connectivity index (χ0) is 14.0. The highest BCUT2D eigenvalue weighted by atomic mass is 32.2. The number of aliphatic carboxylic acids is 1. The van der Waals surface area contributed by atoms with Crippen LogP contribution < -0.4 is 5.32 Å². The van der Waals surface area contributed by atoms with Crippen molar-refractivity contribution in [1.29, 1.82) is 0 Å². The molecule has 1 aromatic rings. The second kappa shape index (κ2) is 5.96. The van der Waals surface area contributed by atoms with Crippen molar-refractivity contribution in [3.8, 4) is 0 Å². The van der Waals surface area contributed by atoms with Crippen molar-refractivity contribution in [2.24, 2.45) is 5.92 Å². The number of carbonyl (C=O) groups is 2. The number of rotatable bonds is 4. The van der Waals surface area contributed by atoms with E-state index in [-0.39, 0.29) is 17.1 Å². The molecule has 0 aliphatic carbocycles. The van der Waals surface area contributed by atoms with Crippen LogP contribution in [-0.4, -0.2) is 28.8 Å². The van der Waals surface area contributed by atoms with Crippen LogP contribution in [0.3, 0.4) is 0 Å². The number of nitrogens with one attached hydrogen (secondary N) is 1. The number of carbonyl (C=O) groups excluding carboxylic acids is 1. The topological polar surface area (TPSA) is 66.4 Å². The predicted molar refractivity (Wildman–Crippen MR) is 77.6 cm³/mol. The van der Waals surface area contributed by atoms with Crippen molar-refractivity contribution >= 4 is 35.0 Å². The first-order valence-electron chi connectivity index (χ1n) is 6.21. The van der Waals surface area contributed by atoms with Gasteiger partial charge in [0.05, 0.1) is 0 Å². The minimum Gasteiger partial charge on any atom is -0.480 e. The molecule has 0 radical (unpaired) electrons. The van der Waals surface area contributed by atoms with Gasteiger partial charge in [-0.15, -0.1) is 23.1 Å². The van der Waals surface area contributed by atoms with E-state index in [2.05, 4.69) is 5.32 Å². The third kappa shape index (κ3) is 3.12. The lowest BCUT2D eigenvalue weighted by atomic mass is 10.0. The van der Waals surface area contributed by atoms with Crippen molar-refractivity contribution in [1.82, 2.24) is 5.32 Å². The van der Waals surface area contributed by atoms with Crippen molar-refractivity contribution < 1.29 is 14.7 Å². The molecular weight excluding hydrogens is 282 g/mol. The van der Waals surface area contributed by atoms with Gasteiger partial charge in [0.25, 0.3) is 0 Å². The summed E-state index contributed by atoms with van der Waals surface area (Å²) in [5.41, 5.74) is 1.05. The Bertz CT molecular complexity index is 484. The number of carboxylic acid groups (broad SMARTS) is 1. The van der Waals surface area contributed by atoms with Crippen molar-refractivity contribution in [3.05, 3.63) is 21.9 Å². The number of aryl methyl sites for hydroxylation is 1. The second-order valence-electron chi connectivity index (χ2n) is 4.87. The van der Waals surface area contributed by atoms with Crippen molar-refractivity contribution in [2.75, 3.05) is 5.75 Å². The fourth-order valence-electron chi connectivity index (χ4n) is 2.11. The Labute approximate surface area is 120 Å². The molecule has 1 aromatic heterocycles. The highest BCUT2D eigenvalue weighted by Gasteiger charge is 2.31. The zero-order valence-corrected chi connectivity index (χ0v) is 12.5. The molecule has 0 spiro atoms. The monoisotopic (exact) mass is 299 g/mol. The molecule has 19 heavy (non-hydrogen) atoms. The summed E-state index contributed by atoms with van der Waals surface area (Å²) in [5.74, 6) is -0.387. The lowest BCUT2D eigenvalue weighted by molar-refractivity contribution is -0.143. The molecular formula is C13H17NO3S2. The highest BCUT2D eigenvalue weighted by molar-refractivity contribution is 8.00. The van der Waals surface area contributed by atoms with Gasteiger partial charge in [-0.2, -0.15) is 0 Å². The van der Waals surface area contributed by atoms with Crippen LogP contribution in [0.1, 0.15) is 29.5 Å². The number of hydrogen-bond donors (Lipinski definition) is 2. The fraction of sp³-hybridized carbons (Fsp3) is 0.538. The molecule has 0 saturated carbocycles. The minimum absolute atomic E-state index is 0.128. The van der Waals surface area contributed by atoms with E-state index in [4.69, 9.17) is 5.11 Å². The number of fused-ring (bicyclic) bond motifs is 1. The van der Waals surface area contributed by atoms with E-state index in [0.29, 0.717) is 0 Å². The molecule has 2 heterocycles. The molecule has 2 atom stereocenters. The number of amides is 1. The summed E-state index contributed by atoms with van der Waals surface area (Å²) in [4.78, 5) is 24.7. The van der Waals surface area contributed by atoms with Crippen LogP contribution in [-0.2, 0) is 16.0 Å². The molecule has 2 N–H and O–H groups in total. The Morgan fingerprint density at radius 1 is 1.47 bits per heavy atom. The summed E-state index contributed by atoms with van der Waals surface area (Å²) in [7, 11) is 0. The van der Waals surface area contributed by atoms with Crippen LogP contribution in [0.2, 0.25) is 0 Å². The molecule has 104 valence electrons. The third-order valence-electron chi connectivity index (χ3n) is 3.14. The molecule has 2 rings (SSSR count). The van der Waals surface area contributed by atoms with E-state index >= 15 is 0 Å². The Kier molecular flexibility index (Phi) is 4.52. The van der Waals surface area contributed by atoms with Crippen LogP contribution in [0.4, 0.5) is 0 Å². The summed E-state index contributed by atoms with van der Waals surface area (Å²) in [6, 6.07) is 1.15. The smallest absolute Gasteiger partial charge is 0.326 e. The van der Waals surface area contributed by atoms with Crippen LogP contribution >= 0.6 is 23.1 Å². The summed E-state index contributed by atoms with van der Waals surface area (Å²) in [6.07, 6.45) is 0.994. The van der Waals surface area contributed by atoms with Gasteiger partial charge in [-0.05, 0) is 35.1 Å². The highest BCUT2D eigenvalue weighted by Crippen LogP contribution is 2.39. The first-order chi connectivity index (χ1) is 9.00. The summed E-state index contributed by atoms with van der Waals surface area (Å²) in [5, 5.41) is 13.5. The number of thiophene rings is 1. The van der Waals surface area contributed by atoms with Crippen LogP contribution in [0.25, 0.3) is 0 Å². The molecule has 1 aliphatic rings. The molecule has 1 aliphatic heterocycles. The first-order valence-corrected chi connectivity index (χ1v) is 8.14. The van der Waals surface area contributed by atoms with E-state index in [9.17, 15) is 9.59 Å². The molecule has 0 saturated heterocycles. The molecule has 0 bridgehead atoms. The lowest BCUT2D eigenvalue weighted by Crippen LogP contribution is -2.46. The average molecular weight is 299 g/mol. The van der Waals surface area contributed by atoms with Gasteiger partial charge >= 0.3 is 5.97 Å². The van der Waals surface area contributed by atoms with Gasteiger partial charge in [-0.25, -0.2) is 4.79 Å². The van der Waals surface area contributed by atoms with Crippen molar-refractivity contribution in [2.45, 2.75) is 31.6 Å². The standard InChI is InChI=1S/C13H17NO3S2/c1-7(2)10(13(16)17)14-12(15)11-8-3-5-18-9(8)4-6-19-11/h3,5,7,10-11H,4,6H2,1-2H3,(H,14,15)(H,16,17)/t10-,11?/m1/s1. The van der Waals surface area contributed by atoms with Gasteiger partial charge in [-0.1, -0.05) is 13.8 Å². The van der Waals surface area contributed by atoms with E-state index in [1.807, 2.05) is 11.4 Å². The summed E-state index contributed by atoms with van der Waals surface area (Å²) >= 11 is 3.25. The number of hydrogen-bond acceptors (Lipinski definition) is 4. The van der Waals surface area contributed by atoms with Gasteiger partial charge in [-0.3, -0.25) is 4.79 Å². The molecule has 1 unspecified atom stereocenters. The van der Waals surface area contributed by atoms with Crippen molar-refractivity contribution in [3.63, 3.8) is 0 Å². The van der Waals surface area contributed by atoms with Crippen LogP contribution in [0.15, 0.2) is 11.4 Å². The Morgan fingerprint density at radius 2 is 2.21 bits per heavy atom. The normalized spacial score (nSPS) is 19.8. The zero-order valence-electron chi connectivity index (χ0n) is 10.9. The summed E-state index contributed by atoms with van der Waals surface area (Å²) in [6.45, 7) is 3.59. The average Bonchev–Trinajstić information content (AvgIpc) is 2.82. The first kappa shape index (κ1) is 14.4. The molecule has 4 nitrogen and oxygen atoms in total. The molecule has 0 fully saturated rings. The predicted octanol–water partition coefficient (Wildman–Crippen LogP) is 2.30. The van der Waals surface area contributed by atoms with E-state index in [1.165, 1.54) is 4.88 Å². The van der Waals surface area contributed by atoms with E-state index < -0.39 is 12.0 Å². The fourth-order valence-corrected chi connectivity index (χ4v) is 4.41. The van der Waals surface area contributed by atoms with Gasteiger partial charge in [0, 0.05) is 4.88 Å². The van der Waals surface area contributed by atoms with Crippen LogP contribution in [0.5, 0.6) is 0 Å². The van der Waals surface area contributed by atoms with Gasteiger partial charge in [0.1, 0.15) is 11.3 Å². The Balaban J connectivity index is 2.11. The molecule has 6 heteroatoms. The SMILES string of the molecule is CC(C)[C@@H](NC(=O)C1SCCc2sccc21)C(=O)O. The minimum atomic E-state index is -0.977. The Morgan fingerprint density at radius 3 is 2.84 bits per heavy atom.